The Bertz CT molecular complexity index is 359. The Hall–Kier alpha value is -0.0300. The molecule has 0 aromatic heterocycles. The SMILES string of the molecule is COC(O)OC.ClC(Cl)(Cl)c1cc2ccc1-2. The van der Waals surface area contributed by atoms with E-state index in [-0.39, 0.29) is 0 Å². The fourth-order valence-corrected chi connectivity index (χ4v) is 1.59. The van der Waals surface area contributed by atoms with Crippen LogP contribution in [0.25, 0.3) is 11.1 Å². The van der Waals surface area contributed by atoms with Gasteiger partial charge in [-0.25, -0.2) is 0 Å². The second-order valence-corrected chi connectivity index (χ2v) is 5.32. The number of aliphatic hydroxyl groups excluding tert-OH is 1. The van der Waals surface area contributed by atoms with Crippen molar-refractivity contribution in [3.63, 3.8) is 0 Å². The minimum absolute atomic E-state index is 0.815. The lowest BCUT2D eigenvalue weighted by Gasteiger charge is -2.25. The van der Waals surface area contributed by atoms with Gasteiger partial charge in [0.1, 0.15) is 0 Å². The highest BCUT2D eigenvalue weighted by Gasteiger charge is 2.32. The van der Waals surface area contributed by atoms with E-state index >= 15 is 0 Å². The Morgan fingerprint density at radius 2 is 1.75 bits per heavy atom. The Balaban J connectivity index is 0.000000187. The molecule has 0 spiro atoms. The molecule has 0 aromatic carbocycles. The van der Waals surface area contributed by atoms with Crippen LogP contribution in [-0.2, 0) is 13.3 Å². The Kier molecular flexibility index (Phi) is 4.86. The summed E-state index contributed by atoms with van der Waals surface area (Å²) in [6, 6.07) is 5.84. The lowest BCUT2D eigenvalue weighted by molar-refractivity contribution is -0.236. The van der Waals surface area contributed by atoms with Crippen LogP contribution in [0.3, 0.4) is 0 Å². The summed E-state index contributed by atoms with van der Waals surface area (Å²) >= 11 is 16.9. The fourth-order valence-electron chi connectivity index (χ4n) is 1.12. The fraction of sp³-hybridized carbons (Fsp3) is 0.400. The van der Waals surface area contributed by atoms with Gasteiger partial charge in [-0.2, -0.15) is 0 Å². The van der Waals surface area contributed by atoms with E-state index < -0.39 is 10.3 Å². The predicted octanol–water partition coefficient (Wildman–Crippen LogP) is 3.05. The molecule has 0 saturated carbocycles. The van der Waals surface area contributed by atoms with Crippen LogP contribution >= 0.6 is 34.8 Å². The first-order valence-corrected chi connectivity index (χ1v) is 5.48. The summed E-state index contributed by atoms with van der Waals surface area (Å²) in [7, 11) is 2.71. The minimum atomic E-state index is -1.23. The molecule has 0 saturated heterocycles. The molecule has 1 N–H and O–H groups in total. The molecule has 0 fully saturated rings. The molecule has 0 aromatic rings. The monoisotopic (exact) mass is 284 g/mol. The molecule has 6 heteroatoms. The van der Waals surface area contributed by atoms with Crippen LogP contribution < -0.4 is 0 Å². The summed E-state index contributed by atoms with van der Waals surface area (Å²) in [5, 5.41) is 8.22. The number of ether oxygens (including phenoxy) is 2. The summed E-state index contributed by atoms with van der Waals surface area (Å²) in [5.74, 6) is 0. The van der Waals surface area contributed by atoms with Gasteiger partial charge in [-0.05, 0) is 17.2 Å². The van der Waals surface area contributed by atoms with Gasteiger partial charge >= 0.3 is 0 Å². The minimum Gasteiger partial charge on any atom is -0.346 e. The molecule has 0 heterocycles. The van der Waals surface area contributed by atoms with E-state index in [0.29, 0.717) is 0 Å². The van der Waals surface area contributed by atoms with Crippen molar-refractivity contribution < 1.29 is 14.6 Å². The van der Waals surface area contributed by atoms with Crippen molar-refractivity contribution >= 4 is 34.8 Å². The summed E-state index contributed by atoms with van der Waals surface area (Å²) in [5.41, 5.74) is 3.11. The highest BCUT2D eigenvalue weighted by Crippen LogP contribution is 2.49. The third-order valence-corrected chi connectivity index (χ3v) is 2.65. The summed E-state index contributed by atoms with van der Waals surface area (Å²) < 4.78 is 7.23. The first kappa shape index (κ1) is 14.0. The maximum Gasteiger partial charge on any atom is 0.268 e. The van der Waals surface area contributed by atoms with E-state index in [1.54, 1.807) is 0 Å². The molecule has 2 aliphatic rings. The smallest absolute Gasteiger partial charge is 0.268 e. The lowest BCUT2D eigenvalue weighted by atomic mass is 9.87. The number of hydrogen-bond donors (Lipinski definition) is 1. The molecule has 16 heavy (non-hydrogen) atoms. The van der Waals surface area contributed by atoms with Crippen molar-refractivity contribution in [3.8, 4) is 11.1 Å². The van der Waals surface area contributed by atoms with Crippen LogP contribution in [0.2, 0.25) is 0 Å². The van der Waals surface area contributed by atoms with E-state index in [0.717, 1.165) is 11.1 Å². The van der Waals surface area contributed by atoms with Crippen molar-refractivity contribution in [1.82, 2.24) is 0 Å². The van der Waals surface area contributed by atoms with E-state index in [2.05, 4.69) is 9.47 Å². The van der Waals surface area contributed by atoms with E-state index in [4.69, 9.17) is 39.9 Å². The van der Waals surface area contributed by atoms with Gasteiger partial charge in [0.15, 0.2) is 0 Å². The predicted molar refractivity (Wildman–Crippen MR) is 64.7 cm³/mol. The van der Waals surface area contributed by atoms with Gasteiger partial charge in [0.25, 0.3) is 6.48 Å². The van der Waals surface area contributed by atoms with Crippen molar-refractivity contribution in [1.29, 1.82) is 0 Å². The number of rotatable bonds is 2. The van der Waals surface area contributed by atoms with Gasteiger partial charge in [0, 0.05) is 19.8 Å². The zero-order valence-electron chi connectivity index (χ0n) is 8.71. The maximum atomic E-state index is 8.22. The van der Waals surface area contributed by atoms with Gasteiger partial charge in [0.2, 0.25) is 3.79 Å². The second-order valence-electron chi connectivity index (χ2n) is 3.04. The van der Waals surface area contributed by atoms with Crippen LogP contribution in [-0.4, -0.2) is 25.8 Å². The molecule has 0 aliphatic heterocycles. The molecular formula is C10H11Cl3O3. The molecule has 0 atom stereocenters. The van der Waals surface area contributed by atoms with Gasteiger partial charge in [0.05, 0.1) is 0 Å². The van der Waals surface area contributed by atoms with Crippen LogP contribution in [0.15, 0.2) is 18.2 Å². The van der Waals surface area contributed by atoms with Crippen LogP contribution in [0.4, 0.5) is 0 Å². The van der Waals surface area contributed by atoms with E-state index in [1.165, 1.54) is 19.8 Å². The third-order valence-electron chi connectivity index (χ3n) is 2.04. The standard InChI is InChI=1S/C7H3Cl3.C3H8O3/c8-7(9,10)6-3-4-1-2-5(4)6;1-5-3(4)6-2/h1-3H;3-4H,1-2H3. The topological polar surface area (TPSA) is 38.7 Å². The number of fused-ring (bicyclic) bond motifs is 1. The largest absolute Gasteiger partial charge is 0.346 e. The molecule has 0 unspecified atom stereocenters. The average molecular weight is 286 g/mol. The van der Waals surface area contributed by atoms with Gasteiger partial charge < -0.3 is 14.6 Å². The molecule has 0 bridgehead atoms. The molecule has 0 amide bonds. The zero-order chi connectivity index (χ0) is 12.3. The number of benzene rings is 1. The average Bonchev–Trinajstić information content (AvgIpc) is 2.20. The molecule has 90 valence electrons. The maximum absolute atomic E-state index is 8.22. The number of methoxy groups -OCH3 is 2. The normalized spacial score (nSPS) is 12.2. The highest BCUT2D eigenvalue weighted by molar-refractivity contribution is 6.67. The van der Waals surface area contributed by atoms with Gasteiger partial charge in [-0.1, -0.05) is 46.9 Å². The summed E-state index contributed by atoms with van der Waals surface area (Å²) in [6.45, 7) is -1.06. The molecule has 0 radical (unpaired) electrons. The molecule has 3 nitrogen and oxygen atoms in total. The molecule has 2 rings (SSSR count). The van der Waals surface area contributed by atoms with E-state index in [9.17, 15) is 0 Å². The quantitative estimate of drug-likeness (QED) is 0.681. The van der Waals surface area contributed by atoms with Crippen molar-refractivity contribution in [2.45, 2.75) is 10.3 Å². The van der Waals surface area contributed by atoms with Crippen LogP contribution in [0.5, 0.6) is 0 Å². The third kappa shape index (κ3) is 3.23. The van der Waals surface area contributed by atoms with Gasteiger partial charge in [-0.3, -0.25) is 0 Å². The first-order valence-electron chi connectivity index (χ1n) is 4.35. The van der Waals surface area contributed by atoms with Crippen molar-refractivity contribution in [2.75, 3.05) is 14.2 Å². The summed E-state index contributed by atoms with van der Waals surface area (Å²) in [6.07, 6.45) is 0. The molecular weight excluding hydrogens is 274 g/mol. The molecule has 2 aliphatic carbocycles. The Morgan fingerprint density at radius 3 is 1.81 bits per heavy atom. The number of halogens is 3. The Morgan fingerprint density at radius 1 is 1.19 bits per heavy atom. The highest BCUT2D eigenvalue weighted by atomic mass is 35.6. The first-order chi connectivity index (χ1) is 7.40. The second kappa shape index (κ2) is 5.54. The number of alkyl halides is 3. The van der Waals surface area contributed by atoms with Gasteiger partial charge in [-0.15, -0.1) is 0 Å². The Labute approximate surface area is 109 Å². The van der Waals surface area contributed by atoms with Crippen molar-refractivity contribution in [2.24, 2.45) is 0 Å². The summed E-state index contributed by atoms with van der Waals surface area (Å²) in [4.78, 5) is 0. The van der Waals surface area contributed by atoms with Crippen molar-refractivity contribution in [3.05, 3.63) is 23.8 Å². The zero-order valence-corrected chi connectivity index (χ0v) is 11.0. The number of aliphatic hydroxyl groups is 1. The number of hydrogen-bond acceptors (Lipinski definition) is 3. The van der Waals surface area contributed by atoms with Crippen LogP contribution in [0, 0.1) is 0 Å². The van der Waals surface area contributed by atoms with Crippen LogP contribution in [0.1, 0.15) is 5.56 Å². The lowest BCUT2D eigenvalue weighted by Crippen LogP contribution is -2.09. The van der Waals surface area contributed by atoms with E-state index in [1.807, 2.05) is 18.2 Å².